The van der Waals surface area contributed by atoms with Gasteiger partial charge in [-0.25, -0.2) is 0 Å². The van der Waals surface area contributed by atoms with Crippen LogP contribution in [0.2, 0.25) is 0 Å². The molecule has 0 heterocycles. The lowest BCUT2D eigenvalue weighted by Crippen LogP contribution is -1.92. The predicted molar refractivity (Wildman–Crippen MR) is 56.5 cm³/mol. The molecule has 0 bridgehead atoms. The molecule has 0 atom stereocenters. The summed E-state index contributed by atoms with van der Waals surface area (Å²) in [7, 11) is 1.67. The average molecular weight is 178 g/mol. The quantitative estimate of drug-likeness (QED) is 0.474. The van der Waals surface area contributed by atoms with Gasteiger partial charge in [0.2, 0.25) is 0 Å². The largest absolute Gasteiger partial charge is 0.497 e. The van der Waals surface area contributed by atoms with E-state index in [-0.39, 0.29) is 0 Å². The van der Waals surface area contributed by atoms with Gasteiger partial charge in [0.25, 0.3) is 0 Å². The summed E-state index contributed by atoms with van der Waals surface area (Å²) in [6.07, 6.45) is 12.5. The molecule has 1 rings (SSSR count). The van der Waals surface area contributed by atoms with E-state index in [1.165, 1.54) is 32.1 Å². The van der Waals surface area contributed by atoms with Gasteiger partial charge < -0.3 is 4.74 Å². The maximum Gasteiger partial charge on any atom is 0.118 e. The van der Waals surface area contributed by atoms with E-state index < -0.39 is 0 Å². The summed E-state index contributed by atoms with van der Waals surface area (Å²) >= 11 is 0. The molecule has 72 valence electrons. The van der Waals surface area contributed by atoms with E-state index in [1.807, 2.05) is 6.08 Å². The molecule has 0 amide bonds. The molecule has 1 aliphatic carbocycles. The van der Waals surface area contributed by atoms with Gasteiger partial charge in [-0.1, -0.05) is 24.6 Å². The lowest BCUT2D eigenvalue weighted by molar-refractivity contribution is 0.307. The normalized spacial score (nSPS) is 18.2. The number of rotatable bonds is 3. The lowest BCUT2D eigenvalue weighted by atomic mass is 9.95. The van der Waals surface area contributed by atoms with Crippen molar-refractivity contribution in [3.63, 3.8) is 0 Å². The van der Waals surface area contributed by atoms with Crippen LogP contribution >= 0.6 is 0 Å². The molecule has 0 unspecified atom stereocenters. The maximum absolute atomic E-state index is 5.09. The van der Waals surface area contributed by atoms with E-state index in [4.69, 9.17) is 4.74 Å². The Balaban J connectivity index is 2.52. The van der Waals surface area contributed by atoms with Crippen molar-refractivity contribution in [1.82, 2.24) is 0 Å². The van der Waals surface area contributed by atoms with Gasteiger partial charge in [0, 0.05) is 0 Å². The lowest BCUT2D eigenvalue weighted by Gasteiger charge is -2.12. The van der Waals surface area contributed by atoms with Crippen LogP contribution in [0.5, 0.6) is 0 Å². The third-order valence-electron chi connectivity index (χ3n) is 2.42. The van der Waals surface area contributed by atoms with Crippen molar-refractivity contribution in [1.29, 1.82) is 0 Å². The minimum Gasteiger partial charge on any atom is -0.497 e. The first-order valence-electron chi connectivity index (χ1n) is 4.93. The highest BCUT2D eigenvalue weighted by Crippen LogP contribution is 2.22. The topological polar surface area (TPSA) is 9.23 Å². The Kier molecular flexibility index (Phi) is 4.37. The number of hydrogen-bond donors (Lipinski definition) is 0. The molecular weight excluding hydrogens is 160 g/mol. The first-order chi connectivity index (χ1) is 6.36. The second kappa shape index (κ2) is 5.63. The first-order valence-corrected chi connectivity index (χ1v) is 4.93. The SMILES string of the molecule is C=C/C(=C\C=C1CCCCC1)OC. The molecule has 1 saturated carbocycles. The van der Waals surface area contributed by atoms with Crippen LogP contribution in [0.4, 0.5) is 0 Å². The van der Waals surface area contributed by atoms with Crippen LogP contribution in [-0.2, 0) is 4.74 Å². The molecule has 1 fully saturated rings. The van der Waals surface area contributed by atoms with Crippen LogP contribution in [-0.4, -0.2) is 7.11 Å². The molecule has 0 saturated heterocycles. The first kappa shape index (κ1) is 10.1. The highest BCUT2D eigenvalue weighted by atomic mass is 16.5. The van der Waals surface area contributed by atoms with E-state index in [2.05, 4.69) is 12.7 Å². The maximum atomic E-state index is 5.09. The van der Waals surface area contributed by atoms with E-state index >= 15 is 0 Å². The smallest absolute Gasteiger partial charge is 0.118 e. The third kappa shape index (κ3) is 3.49. The summed E-state index contributed by atoms with van der Waals surface area (Å²) in [6.45, 7) is 3.67. The van der Waals surface area contributed by atoms with Crippen molar-refractivity contribution in [2.75, 3.05) is 7.11 Å². The third-order valence-corrected chi connectivity index (χ3v) is 2.42. The Bertz CT molecular complexity index is 215. The van der Waals surface area contributed by atoms with Gasteiger partial charge in [0.15, 0.2) is 0 Å². The van der Waals surface area contributed by atoms with Gasteiger partial charge in [-0.15, -0.1) is 0 Å². The average Bonchev–Trinajstić information content (AvgIpc) is 2.21. The van der Waals surface area contributed by atoms with Crippen LogP contribution in [0.3, 0.4) is 0 Å². The van der Waals surface area contributed by atoms with Crippen LogP contribution < -0.4 is 0 Å². The number of ether oxygens (including phenoxy) is 1. The molecule has 0 N–H and O–H groups in total. The Hall–Kier alpha value is -0.980. The monoisotopic (exact) mass is 178 g/mol. The van der Waals surface area contributed by atoms with Gasteiger partial charge in [-0.2, -0.15) is 0 Å². The minimum absolute atomic E-state index is 0.845. The fourth-order valence-corrected chi connectivity index (χ4v) is 1.59. The zero-order chi connectivity index (χ0) is 9.52. The summed E-state index contributed by atoms with van der Waals surface area (Å²) in [6, 6.07) is 0. The minimum atomic E-state index is 0.845. The van der Waals surface area contributed by atoms with Gasteiger partial charge in [-0.05, 0) is 37.8 Å². The van der Waals surface area contributed by atoms with Crippen molar-refractivity contribution >= 4 is 0 Å². The fourth-order valence-electron chi connectivity index (χ4n) is 1.59. The van der Waals surface area contributed by atoms with Gasteiger partial charge in [-0.3, -0.25) is 0 Å². The molecule has 1 nitrogen and oxygen atoms in total. The van der Waals surface area contributed by atoms with Crippen LogP contribution in [0.15, 0.2) is 36.1 Å². The highest BCUT2D eigenvalue weighted by molar-refractivity contribution is 5.20. The summed E-state index contributed by atoms with van der Waals surface area (Å²) in [5, 5.41) is 0. The van der Waals surface area contributed by atoms with Crippen LogP contribution in [0.1, 0.15) is 32.1 Å². The molecule has 1 heteroatoms. The molecule has 0 aromatic carbocycles. The van der Waals surface area contributed by atoms with Crippen molar-refractivity contribution in [3.8, 4) is 0 Å². The predicted octanol–water partition coefficient (Wildman–Crippen LogP) is 3.59. The zero-order valence-electron chi connectivity index (χ0n) is 8.38. The van der Waals surface area contributed by atoms with E-state index in [0.717, 1.165) is 5.76 Å². The number of allylic oxidation sites excluding steroid dienone is 4. The molecule has 0 radical (unpaired) electrons. The zero-order valence-corrected chi connectivity index (χ0v) is 8.38. The van der Waals surface area contributed by atoms with Gasteiger partial charge in [0.1, 0.15) is 5.76 Å². The van der Waals surface area contributed by atoms with Crippen molar-refractivity contribution in [3.05, 3.63) is 36.1 Å². The Labute approximate surface area is 80.8 Å². The molecular formula is C12H18O. The highest BCUT2D eigenvalue weighted by Gasteiger charge is 2.03. The Morgan fingerprint density at radius 3 is 2.54 bits per heavy atom. The molecule has 0 aromatic heterocycles. The van der Waals surface area contributed by atoms with E-state index in [9.17, 15) is 0 Å². The Morgan fingerprint density at radius 1 is 1.31 bits per heavy atom. The summed E-state index contributed by atoms with van der Waals surface area (Å²) in [5.41, 5.74) is 1.54. The number of methoxy groups -OCH3 is 1. The van der Waals surface area contributed by atoms with Crippen molar-refractivity contribution in [2.24, 2.45) is 0 Å². The molecule has 1 aliphatic rings. The second-order valence-electron chi connectivity index (χ2n) is 3.36. The van der Waals surface area contributed by atoms with Crippen LogP contribution in [0.25, 0.3) is 0 Å². The van der Waals surface area contributed by atoms with Gasteiger partial charge in [0.05, 0.1) is 7.11 Å². The molecule has 0 spiro atoms. The van der Waals surface area contributed by atoms with E-state index in [1.54, 1.807) is 18.8 Å². The molecule has 0 aromatic rings. The second-order valence-corrected chi connectivity index (χ2v) is 3.36. The summed E-state index contributed by atoms with van der Waals surface area (Å²) in [5.74, 6) is 0.845. The summed E-state index contributed by atoms with van der Waals surface area (Å²) < 4.78 is 5.09. The van der Waals surface area contributed by atoms with Crippen LogP contribution in [0, 0.1) is 0 Å². The Morgan fingerprint density at radius 2 is 2.00 bits per heavy atom. The molecule has 13 heavy (non-hydrogen) atoms. The molecule has 0 aliphatic heterocycles. The van der Waals surface area contributed by atoms with Crippen molar-refractivity contribution < 1.29 is 4.74 Å². The van der Waals surface area contributed by atoms with E-state index in [0.29, 0.717) is 0 Å². The standard InChI is InChI=1S/C12H18O/c1-3-12(13-2)10-9-11-7-5-4-6-8-11/h3,9-10H,1,4-8H2,2H3/b12-10+. The summed E-state index contributed by atoms with van der Waals surface area (Å²) in [4.78, 5) is 0. The number of hydrogen-bond acceptors (Lipinski definition) is 1. The van der Waals surface area contributed by atoms with Crippen molar-refractivity contribution in [2.45, 2.75) is 32.1 Å². The fraction of sp³-hybridized carbons (Fsp3) is 0.500. The van der Waals surface area contributed by atoms with Gasteiger partial charge >= 0.3 is 0 Å².